The van der Waals surface area contributed by atoms with Crippen molar-refractivity contribution in [3.63, 3.8) is 0 Å². The second kappa shape index (κ2) is 8.29. The molecular formula is C18H20Cl2N2O3S. The SMILES string of the molecule is CC(C)C(C)NC(=O)c1ccc(Cl)c(S(=O)(=O)Nc2ccc(Cl)cc2)c1. The summed E-state index contributed by atoms with van der Waals surface area (Å²) in [5, 5.41) is 3.36. The van der Waals surface area contributed by atoms with E-state index < -0.39 is 10.0 Å². The lowest BCUT2D eigenvalue weighted by Gasteiger charge is -2.18. The zero-order chi connectivity index (χ0) is 19.5. The topological polar surface area (TPSA) is 75.3 Å². The Morgan fingerprint density at radius 1 is 1.00 bits per heavy atom. The molecule has 2 aromatic carbocycles. The number of halogens is 2. The van der Waals surface area contributed by atoms with Crippen LogP contribution < -0.4 is 10.0 Å². The molecule has 26 heavy (non-hydrogen) atoms. The molecule has 0 spiro atoms. The summed E-state index contributed by atoms with van der Waals surface area (Å²) in [6.45, 7) is 5.86. The molecule has 0 saturated heterocycles. The monoisotopic (exact) mass is 414 g/mol. The molecule has 1 atom stereocenters. The predicted octanol–water partition coefficient (Wildman–Crippen LogP) is 4.57. The van der Waals surface area contributed by atoms with Gasteiger partial charge in [0, 0.05) is 22.3 Å². The maximum absolute atomic E-state index is 12.7. The highest BCUT2D eigenvalue weighted by molar-refractivity contribution is 7.92. The number of anilines is 1. The van der Waals surface area contributed by atoms with Crippen LogP contribution in [-0.4, -0.2) is 20.4 Å². The summed E-state index contributed by atoms with van der Waals surface area (Å²) in [4.78, 5) is 12.2. The average molecular weight is 415 g/mol. The molecule has 0 saturated carbocycles. The van der Waals surface area contributed by atoms with E-state index in [1.54, 1.807) is 12.1 Å². The molecule has 0 radical (unpaired) electrons. The summed E-state index contributed by atoms with van der Waals surface area (Å²) in [6, 6.07) is 10.3. The summed E-state index contributed by atoms with van der Waals surface area (Å²) in [7, 11) is -3.96. The number of rotatable bonds is 6. The van der Waals surface area contributed by atoms with E-state index in [1.165, 1.54) is 30.3 Å². The molecule has 0 bridgehead atoms. The fraction of sp³-hybridized carbons (Fsp3) is 0.278. The molecule has 2 aromatic rings. The van der Waals surface area contributed by atoms with Crippen LogP contribution in [-0.2, 0) is 10.0 Å². The van der Waals surface area contributed by atoms with Crippen LogP contribution in [0.4, 0.5) is 5.69 Å². The fourth-order valence-corrected chi connectivity index (χ4v) is 3.75. The van der Waals surface area contributed by atoms with Gasteiger partial charge in [-0.25, -0.2) is 8.42 Å². The molecule has 1 amide bonds. The van der Waals surface area contributed by atoms with Gasteiger partial charge in [-0.05, 0) is 55.3 Å². The van der Waals surface area contributed by atoms with Crippen molar-refractivity contribution < 1.29 is 13.2 Å². The standard InChI is InChI=1S/C18H20Cl2N2O3S/c1-11(2)12(3)21-18(23)13-4-9-16(20)17(10-13)26(24,25)22-15-7-5-14(19)6-8-15/h4-12,22H,1-3H3,(H,21,23). The Hall–Kier alpha value is -1.76. The predicted molar refractivity (Wildman–Crippen MR) is 105 cm³/mol. The van der Waals surface area contributed by atoms with Gasteiger partial charge in [-0.15, -0.1) is 0 Å². The molecule has 140 valence electrons. The number of hydrogen-bond donors (Lipinski definition) is 2. The van der Waals surface area contributed by atoms with Crippen LogP contribution >= 0.6 is 23.2 Å². The number of nitrogens with one attached hydrogen (secondary N) is 2. The highest BCUT2D eigenvalue weighted by atomic mass is 35.5. The molecule has 0 heterocycles. The second-order valence-electron chi connectivity index (χ2n) is 6.26. The van der Waals surface area contributed by atoms with Crippen molar-refractivity contribution in [3.8, 4) is 0 Å². The lowest BCUT2D eigenvalue weighted by Crippen LogP contribution is -2.36. The van der Waals surface area contributed by atoms with E-state index in [9.17, 15) is 13.2 Å². The van der Waals surface area contributed by atoms with Crippen molar-refractivity contribution in [3.05, 3.63) is 58.1 Å². The van der Waals surface area contributed by atoms with E-state index >= 15 is 0 Å². The van der Waals surface area contributed by atoms with Crippen molar-refractivity contribution in [1.29, 1.82) is 0 Å². The molecule has 5 nitrogen and oxygen atoms in total. The Bertz CT molecular complexity index is 897. The molecule has 2 N–H and O–H groups in total. The van der Waals surface area contributed by atoms with Crippen LogP contribution in [0.1, 0.15) is 31.1 Å². The molecule has 2 rings (SSSR count). The number of benzene rings is 2. The van der Waals surface area contributed by atoms with Gasteiger partial charge in [-0.2, -0.15) is 0 Å². The first-order valence-corrected chi connectivity index (χ1v) is 10.2. The van der Waals surface area contributed by atoms with Crippen LogP contribution in [0, 0.1) is 5.92 Å². The maximum Gasteiger partial charge on any atom is 0.263 e. The van der Waals surface area contributed by atoms with Gasteiger partial charge < -0.3 is 5.32 Å². The minimum Gasteiger partial charge on any atom is -0.349 e. The second-order valence-corrected chi connectivity index (χ2v) is 8.76. The first kappa shape index (κ1) is 20.6. The van der Waals surface area contributed by atoms with Crippen LogP contribution in [0.15, 0.2) is 47.4 Å². The Morgan fingerprint density at radius 2 is 1.62 bits per heavy atom. The smallest absolute Gasteiger partial charge is 0.263 e. The van der Waals surface area contributed by atoms with Crippen molar-refractivity contribution in [2.75, 3.05) is 4.72 Å². The summed E-state index contributed by atoms with van der Waals surface area (Å²) in [6.07, 6.45) is 0. The van der Waals surface area contributed by atoms with Gasteiger partial charge in [-0.3, -0.25) is 9.52 Å². The van der Waals surface area contributed by atoms with Gasteiger partial charge in [0.05, 0.1) is 5.02 Å². The van der Waals surface area contributed by atoms with Crippen molar-refractivity contribution in [1.82, 2.24) is 5.32 Å². The Labute approximate surface area is 163 Å². The van der Waals surface area contributed by atoms with Crippen LogP contribution in [0.5, 0.6) is 0 Å². The minimum absolute atomic E-state index is 0.0277. The molecule has 8 heteroatoms. The molecule has 0 aliphatic heterocycles. The van der Waals surface area contributed by atoms with Gasteiger partial charge >= 0.3 is 0 Å². The van der Waals surface area contributed by atoms with Crippen LogP contribution in [0.3, 0.4) is 0 Å². The normalized spacial score (nSPS) is 12.7. The summed E-state index contributed by atoms with van der Waals surface area (Å²) in [5.74, 6) is -0.105. The minimum atomic E-state index is -3.96. The number of carbonyl (C=O) groups is 1. The quantitative estimate of drug-likeness (QED) is 0.726. The van der Waals surface area contributed by atoms with Crippen LogP contribution in [0.25, 0.3) is 0 Å². The van der Waals surface area contributed by atoms with Gasteiger partial charge in [0.25, 0.3) is 15.9 Å². The molecular weight excluding hydrogens is 395 g/mol. The number of sulfonamides is 1. The number of carbonyl (C=O) groups excluding carboxylic acids is 1. The molecule has 1 unspecified atom stereocenters. The van der Waals surface area contributed by atoms with E-state index in [1.807, 2.05) is 20.8 Å². The van der Waals surface area contributed by atoms with E-state index in [4.69, 9.17) is 23.2 Å². The Balaban J connectivity index is 2.30. The van der Waals surface area contributed by atoms with Gasteiger partial charge in [-0.1, -0.05) is 37.0 Å². The zero-order valence-electron chi connectivity index (χ0n) is 14.6. The Morgan fingerprint density at radius 3 is 2.19 bits per heavy atom. The number of hydrogen-bond acceptors (Lipinski definition) is 3. The third kappa shape index (κ3) is 5.13. The van der Waals surface area contributed by atoms with Gasteiger partial charge in [0.15, 0.2) is 0 Å². The van der Waals surface area contributed by atoms with Gasteiger partial charge in [0.1, 0.15) is 4.90 Å². The molecule has 0 aliphatic rings. The highest BCUT2D eigenvalue weighted by Crippen LogP contribution is 2.25. The van der Waals surface area contributed by atoms with E-state index in [-0.39, 0.29) is 33.3 Å². The van der Waals surface area contributed by atoms with Gasteiger partial charge in [0.2, 0.25) is 0 Å². The van der Waals surface area contributed by atoms with Crippen molar-refractivity contribution >= 4 is 44.8 Å². The first-order chi connectivity index (χ1) is 12.1. The van der Waals surface area contributed by atoms with E-state index in [0.29, 0.717) is 10.7 Å². The molecule has 0 aromatic heterocycles. The summed E-state index contributed by atoms with van der Waals surface area (Å²) < 4.78 is 27.7. The number of amides is 1. The van der Waals surface area contributed by atoms with Crippen molar-refractivity contribution in [2.24, 2.45) is 5.92 Å². The van der Waals surface area contributed by atoms with Crippen LogP contribution in [0.2, 0.25) is 10.0 Å². The zero-order valence-corrected chi connectivity index (χ0v) is 16.9. The first-order valence-electron chi connectivity index (χ1n) is 7.99. The average Bonchev–Trinajstić information content (AvgIpc) is 2.56. The highest BCUT2D eigenvalue weighted by Gasteiger charge is 2.21. The lowest BCUT2D eigenvalue weighted by molar-refractivity contribution is 0.0930. The lowest BCUT2D eigenvalue weighted by atomic mass is 10.1. The summed E-state index contributed by atoms with van der Waals surface area (Å²) in [5.41, 5.74) is 0.562. The third-order valence-corrected chi connectivity index (χ3v) is 6.05. The van der Waals surface area contributed by atoms with E-state index in [0.717, 1.165) is 0 Å². The fourth-order valence-electron chi connectivity index (χ4n) is 2.04. The van der Waals surface area contributed by atoms with Crippen molar-refractivity contribution in [2.45, 2.75) is 31.7 Å². The largest absolute Gasteiger partial charge is 0.349 e. The maximum atomic E-state index is 12.7. The summed E-state index contributed by atoms with van der Waals surface area (Å²) >= 11 is 11.9. The molecule has 0 fully saturated rings. The third-order valence-electron chi connectivity index (χ3n) is 3.94. The molecule has 0 aliphatic carbocycles. The Kier molecular flexibility index (Phi) is 6.55. The van der Waals surface area contributed by atoms with E-state index in [2.05, 4.69) is 10.0 Å².